The smallest absolute Gasteiger partial charge is 0.324 e. The maximum absolute atomic E-state index is 13.1. The van der Waals surface area contributed by atoms with Gasteiger partial charge in [0.1, 0.15) is 12.6 Å². The van der Waals surface area contributed by atoms with Crippen LogP contribution in [0.25, 0.3) is 0 Å². The molecule has 0 saturated carbocycles. The zero-order valence-corrected chi connectivity index (χ0v) is 18.3. The van der Waals surface area contributed by atoms with Gasteiger partial charge in [-0.3, -0.25) is 4.79 Å². The van der Waals surface area contributed by atoms with Crippen molar-refractivity contribution >= 4 is 39.2 Å². The Kier molecular flexibility index (Phi) is 6.55. The van der Waals surface area contributed by atoms with E-state index in [-0.39, 0.29) is 24.5 Å². The molecule has 1 fully saturated rings. The number of hydrogen-bond donors (Lipinski definition) is 1. The molecule has 0 unspecified atom stereocenters. The van der Waals surface area contributed by atoms with Crippen LogP contribution in [0.5, 0.6) is 0 Å². The molecule has 3 rings (SSSR count). The Labute approximate surface area is 180 Å². The second-order valence-corrected chi connectivity index (χ2v) is 9.79. The van der Waals surface area contributed by atoms with E-state index in [4.69, 9.17) is 27.9 Å². The molecule has 1 aliphatic rings. The van der Waals surface area contributed by atoms with Crippen LogP contribution in [0.1, 0.15) is 23.1 Å². The molecule has 1 aliphatic heterocycles. The highest BCUT2D eigenvalue weighted by molar-refractivity contribution is 7.89. The maximum Gasteiger partial charge on any atom is 0.324 e. The van der Waals surface area contributed by atoms with Crippen LogP contribution in [0.4, 0.5) is 0 Å². The minimum absolute atomic E-state index is 0.0235. The summed E-state index contributed by atoms with van der Waals surface area (Å²) in [4.78, 5) is 12.7. The first kappa shape index (κ1) is 22.1. The van der Waals surface area contributed by atoms with Gasteiger partial charge in [-0.05, 0) is 54.8 Å². The molecule has 0 bridgehead atoms. The van der Waals surface area contributed by atoms with Crippen molar-refractivity contribution in [2.24, 2.45) is 0 Å². The van der Waals surface area contributed by atoms with Crippen molar-refractivity contribution in [1.82, 2.24) is 4.31 Å². The summed E-state index contributed by atoms with van der Waals surface area (Å²) in [5.74, 6) is -0.722. The average Bonchev–Trinajstić information content (AvgIpc) is 3.07. The largest absolute Gasteiger partial charge is 0.460 e. The number of esters is 1. The molecule has 1 saturated heterocycles. The Hall–Kier alpha value is -1.64. The summed E-state index contributed by atoms with van der Waals surface area (Å²) >= 11 is 11.8. The van der Waals surface area contributed by atoms with Crippen LogP contribution < -0.4 is 0 Å². The lowest BCUT2D eigenvalue weighted by molar-refractivity contribution is -0.148. The van der Waals surface area contributed by atoms with Gasteiger partial charge in [0.05, 0.1) is 21.0 Å². The number of benzene rings is 2. The van der Waals surface area contributed by atoms with Crippen LogP contribution in [-0.2, 0) is 26.2 Å². The number of aliphatic hydroxyl groups excluding tert-OH is 1. The molecule has 2 aromatic carbocycles. The molecule has 0 aliphatic carbocycles. The topological polar surface area (TPSA) is 83.9 Å². The van der Waals surface area contributed by atoms with E-state index in [2.05, 4.69) is 0 Å². The molecule has 1 heterocycles. The van der Waals surface area contributed by atoms with Crippen LogP contribution >= 0.6 is 23.2 Å². The highest BCUT2D eigenvalue weighted by Gasteiger charge is 2.44. The van der Waals surface area contributed by atoms with Gasteiger partial charge in [-0.15, -0.1) is 0 Å². The van der Waals surface area contributed by atoms with Crippen molar-refractivity contribution in [1.29, 1.82) is 0 Å². The molecule has 29 heavy (non-hydrogen) atoms. The molecule has 0 amide bonds. The summed E-state index contributed by atoms with van der Waals surface area (Å²) in [6.45, 7) is 3.45. The van der Waals surface area contributed by atoms with Crippen LogP contribution in [0.15, 0.2) is 41.3 Å². The summed E-state index contributed by atoms with van der Waals surface area (Å²) < 4.78 is 32.5. The number of carbonyl (C=O) groups excluding carboxylic acids is 1. The fourth-order valence-electron chi connectivity index (χ4n) is 3.15. The second kappa shape index (κ2) is 8.62. The van der Waals surface area contributed by atoms with Crippen molar-refractivity contribution in [2.45, 2.75) is 43.9 Å². The lowest BCUT2D eigenvalue weighted by atomic mass is 10.1. The number of hydrogen-bond acceptors (Lipinski definition) is 5. The zero-order valence-electron chi connectivity index (χ0n) is 15.9. The predicted molar refractivity (Wildman–Crippen MR) is 110 cm³/mol. The monoisotopic (exact) mass is 457 g/mol. The van der Waals surface area contributed by atoms with E-state index in [0.29, 0.717) is 15.6 Å². The number of ether oxygens (including phenoxy) is 1. The number of rotatable bonds is 5. The Morgan fingerprint density at radius 1 is 1.14 bits per heavy atom. The first-order chi connectivity index (χ1) is 13.6. The molecule has 1 N–H and O–H groups in total. The Bertz CT molecular complexity index is 1040. The summed E-state index contributed by atoms with van der Waals surface area (Å²) in [6, 6.07) is 8.50. The highest BCUT2D eigenvalue weighted by Crippen LogP contribution is 2.29. The van der Waals surface area contributed by atoms with E-state index in [9.17, 15) is 18.3 Å². The van der Waals surface area contributed by atoms with E-state index >= 15 is 0 Å². The van der Waals surface area contributed by atoms with Gasteiger partial charge in [0.2, 0.25) is 10.0 Å². The first-order valence-corrected chi connectivity index (χ1v) is 11.2. The lowest BCUT2D eigenvalue weighted by Crippen LogP contribution is -2.41. The molecular weight excluding hydrogens is 437 g/mol. The molecule has 6 nitrogen and oxygen atoms in total. The molecule has 0 aromatic heterocycles. The number of sulfonamides is 1. The summed E-state index contributed by atoms with van der Waals surface area (Å²) in [6.07, 6.45) is -0.969. The average molecular weight is 458 g/mol. The quantitative estimate of drug-likeness (QED) is 0.694. The predicted octanol–water partition coefficient (Wildman–Crippen LogP) is 3.48. The number of halogens is 2. The maximum atomic E-state index is 13.1. The van der Waals surface area contributed by atoms with Crippen LogP contribution in [0, 0.1) is 13.8 Å². The normalized spacial score (nSPS) is 20.0. The molecule has 2 aromatic rings. The van der Waals surface area contributed by atoms with Crippen molar-refractivity contribution in [2.75, 3.05) is 6.54 Å². The van der Waals surface area contributed by atoms with Gasteiger partial charge in [0.15, 0.2) is 0 Å². The third kappa shape index (κ3) is 4.75. The van der Waals surface area contributed by atoms with E-state index in [1.165, 1.54) is 6.07 Å². The molecule has 156 valence electrons. The Morgan fingerprint density at radius 2 is 1.86 bits per heavy atom. The first-order valence-electron chi connectivity index (χ1n) is 8.97. The number of carbonyl (C=O) groups is 1. The van der Waals surface area contributed by atoms with Crippen LogP contribution in [-0.4, -0.2) is 42.5 Å². The fourth-order valence-corrected chi connectivity index (χ4v) is 5.19. The van der Waals surface area contributed by atoms with E-state index < -0.39 is 28.1 Å². The molecule has 0 radical (unpaired) electrons. The van der Waals surface area contributed by atoms with Crippen LogP contribution in [0.2, 0.25) is 10.0 Å². The Balaban J connectivity index is 1.79. The van der Waals surface area contributed by atoms with Gasteiger partial charge in [-0.2, -0.15) is 4.31 Å². The molecule has 9 heteroatoms. The Morgan fingerprint density at radius 3 is 2.52 bits per heavy atom. The minimum atomic E-state index is -3.97. The van der Waals surface area contributed by atoms with E-state index in [1.807, 2.05) is 13.8 Å². The van der Waals surface area contributed by atoms with Gasteiger partial charge in [0.25, 0.3) is 0 Å². The number of aliphatic hydroxyl groups is 1. The van der Waals surface area contributed by atoms with Gasteiger partial charge < -0.3 is 9.84 Å². The molecule has 0 spiro atoms. The van der Waals surface area contributed by atoms with E-state index in [0.717, 1.165) is 15.4 Å². The van der Waals surface area contributed by atoms with Gasteiger partial charge in [-0.25, -0.2) is 8.42 Å². The number of aryl methyl sites for hydroxylation is 2. The number of nitrogens with zero attached hydrogens (tertiary/aromatic N) is 1. The van der Waals surface area contributed by atoms with Crippen molar-refractivity contribution in [3.05, 3.63) is 63.1 Å². The molecule has 2 atom stereocenters. The SMILES string of the molecule is Cc1ccc(S(=O)(=O)N2C[C@@H](O)C[C@@H]2C(=O)OCc2ccc(Cl)c(Cl)c2)cc1C. The summed E-state index contributed by atoms with van der Waals surface area (Å²) in [5, 5.41) is 10.7. The van der Waals surface area contributed by atoms with Gasteiger partial charge in [0, 0.05) is 13.0 Å². The van der Waals surface area contributed by atoms with Crippen molar-refractivity contribution in [3.63, 3.8) is 0 Å². The highest BCUT2D eigenvalue weighted by atomic mass is 35.5. The minimum Gasteiger partial charge on any atom is -0.460 e. The summed E-state index contributed by atoms with van der Waals surface area (Å²) in [5.41, 5.74) is 2.41. The summed E-state index contributed by atoms with van der Waals surface area (Å²) in [7, 11) is -3.97. The van der Waals surface area contributed by atoms with Crippen molar-refractivity contribution in [3.8, 4) is 0 Å². The third-order valence-corrected chi connectivity index (χ3v) is 7.57. The van der Waals surface area contributed by atoms with E-state index in [1.54, 1.807) is 30.3 Å². The van der Waals surface area contributed by atoms with Gasteiger partial charge in [-0.1, -0.05) is 35.3 Å². The lowest BCUT2D eigenvalue weighted by Gasteiger charge is -2.23. The molecular formula is C20H21Cl2NO5S. The van der Waals surface area contributed by atoms with Crippen molar-refractivity contribution < 1.29 is 23.1 Å². The second-order valence-electron chi connectivity index (χ2n) is 7.08. The van der Waals surface area contributed by atoms with Crippen LogP contribution in [0.3, 0.4) is 0 Å². The number of β-amino-alcohol motifs (C(OH)–C–C–N with tert-alkyl or cyclic N) is 1. The zero-order chi connectivity index (χ0) is 21.3. The third-order valence-electron chi connectivity index (χ3n) is 4.96. The fraction of sp³-hybridized carbons (Fsp3) is 0.350. The standard InChI is InChI=1S/C20H21Cl2NO5S/c1-12-3-5-16(7-13(12)2)29(26,27)23-10-15(24)9-19(23)20(25)28-11-14-4-6-17(21)18(22)8-14/h3-8,15,19,24H,9-11H2,1-2H3/t15-,19+/m0/s1. The van der Waals surface area contributed by atoms with Gasteiger partial charge >= 0.3 is 5.97 Å².